The first kappa shape index (κ1) is 10.2. The van der Waals surface area contributed by atoms with Crippen molar-refractivity contribution in [3.05, 3.63) is 10.1 Å². The van der Waals surface area contributed by atoms with Crippen LogP contribution < -0.4 is 0 Å². The van der Waals surface area contributed by atoms with Crippen molar-refractivity contribution in [3.8, 4) is 10.7 Å². The van der Waals surface area contributed by atoms with E-state index >= 15 is 0 Å². The summed E-state index contributed by atoms with van der Waals surface area (Å²) < 4.78 is 0.715. The Morgan fingerprint density at radius 1 is 1.67 bits per heavy atom. The summed E-state index contributed by atoms with van der Waals surface area (Å²) in [5.74, 6) is -0.635. The van der Waals surface area contributed by atoms with Crippen molar-refractivity contribution in [2.45, 2.75) is 6.54 Å². The maximum Gasteiger partial charge on any atom is 0.327 e. The zero-order valence-electron chi connectivity index (χ0n) is 7.16. The topological polar surface area (TPSA) is 93.8 Å². The van der Waals surface area contributed by atoms with Crippen LogP contribution in [0.2, 0.25) is 0 Å². The standard InChI is InChI=1S/C6H4BrN5O2S/c7-6-8-1-3(15-6)5-9-11-12(10-5)2-4(13)14/h1H,2H2,(H,13,14). The second-order valence-corrected chi connectivity index (χ2v) is 4.82. The number of halogens is 1. The molecular weight excluding hydrogens is 286 g/mol. The van der Waals surface area contributed by atoms with E-state index < -0.39 is 5.97 Å². The van der Waals surface area contributed by atoms with E-state index in [1.165, 1.54) is 11.3 Å². The summed E-state index contributed by atoms with van der Waals surface area (Å²) in [6.45, 7) is -0.299. The second-order valence-electron chi connectivity index (χ2n) is 2.51. The second kappa shape index (κ2) is 4.03. The Morgan fingerprint density at radius 2 is 2.47 bits per heavy atom. The molecule has 78 valence electrons. The minimum absolute atomic E-state index is 0.299. The van der Waals surface area contributed by atoms with E-state index in [2.05, 4.69) is 36.3 Å². The number of aromatic nitrogens is 5. The number of aliphatic carboxylic acids is 1. The van der Waals surface area contributed by atoms with Crippen LogP contribution in [-0.4, -0.2) is 36.3 Å². The average Bonchev–Trinajstić information content (AvgIpc) is 2.72. The number of hydrogen-bond acceptors (Lipinski definition) is 6. The molecule has 7 nitrogen and oxygen atoms in total. The van der Waals surface area contributed by atoms with Gasteiger partial charge in [-0.05, 0) is 21.1 Å². The maximum atomic E-state index is 10.4. The number of carbonyl (C=O) groups is 1. The highest BCUT2D eigenvalue weighted by Crippen LogP contribution is 2.25. The molecule has 0 aliphatic carbocycles. The van der Waals surface area contributed by atoms with Gasteiger partial charge in [0.05, 0.1) is 11.1 Å². The fraction of sp³-hybridized carbons (Fsp3) is 0.167. The molecule has 0 saturated heterocycles. The molecule has 15 heavy (non-hydrogen) atoms. The van der Waals surface area contributed by atoms with Crippen LogP contribution in [0.1, 0.15) is 0 Å². The van der Waals surface area contributed by atoms with Gasteiger partial charge in [-0.15, -0.1) is 21.5 Å². The van der Waals surface area contributed by atoms with E-state index in [-0.39, 0.29) is 6.54 Å². The molecule has 0 aromatic carbocycles. The molecule has 0 radical (unpaired) electrons. The number of carboxylic acid groups (broad SMARTS) is 1. The van der Waals surface area contributed by atoms with Gasteiger partial charge in [0, 0.05) is 0 Å². The Kier molecular flexibility index (Phi) is 2.73. The van der Waals surface area contributed by atoms with Gasteiger partial charge in [-0.25, -0.2) is 4.98 Å². The van der Waals surface area contributed by atoms with E-state index in [0.29, 0.717) is 9.74 Å². The number of rotatable bonds is 3. The van der Waals surface area contributed by atoms with Gasteiger partial charge in [-0.1, -0.05) is 0 Å². The summed E-state index contributed by atoms with van der Waals surface area (Å²) in [6.07, 6.45) is 1.59. The molecule has 2 heterocycles. The largest absolute Gasteiger partial charge is 0.480 e. The lowest BCUT2D eigenvalue weighted by atomic mass is 10.5. The third kappa shape index (κ3) is 2.36. The van der Waals surface area contributed by atoms with Gasteiger partial charge in [-0.3, -0.25) is 4.79 Å². The van der Waals surface area contributed by atoms with Crippen LogP contribution >= 0.6 is 27.3 Å². The lowest BCUT2D eigenvalue weighted by molar-refractivity contribution is -0.138. The van der Waals surface area contributed by atoms with Gasteiger partial charge >= 0.3 is 5.97 Å². The summed E-state index contributed by atoms with van der Waals surface area (Å²) >= 11 is 4.56. The third-order valence-corrected chi connectivity index (χ3v) is 2.90. The van der Waals surface area contributed by atoms with Gasteiger partial charge < -0.3 is 5.11 Å². The van der Waals surface area contributed by atoms with Crippen LogP contribution in [0.3, 0.4) is 0 Å². The Hall–Kier alpha value is -1.35. The summed E-state index contributed by atoms with van der Waals surface area (Å²) in [6, 6.07) is 0. The first-order valence-corrected chi connectivity index (χ1v) is 5.37. The molecule has 0 aliphatic heterocycles. The highest BCUT2D eigenvalue weighted by Gasteiger charge is 2.10. The van der Waals surface area contributed by atoms with Gasteiger partial charge in [0.15, 0.2) is 10.5 Å². The summed E-state index contributed by atoms with van der Waals surface area (Å²) in [4.78, 5) is 16.1. The van der Waals surface area contributed by atoms with Gasteiger partial charge in [0.1, 0.15) is 0 Å². The molecule has 0 unspecified atom stereocenters. The quantitative estimate of drug-likeness (QED) is 0.891. The Bertz CT molecular complexity index is 495. The number of thiazole rings is 1. The molecule has 0 aliphatic rings. The van der Waals surface area contributed by atoms with Crippen LogP contribution in [0.4, 0.5) is 0 Å². The molecule has 9 heteroatoms. The zero-order chi connectivity index (χ0) is 10.8. The molecule has 0 spiro atoms. The fourth-order valence-corrected chi connectivity index (χ4v) is 2.08. The predicted molar refractivity (Wildman–Crippen MR) is 54.3 cm³/mol. The molecule has 0 atom stereocenters. The number of tetrazole rings is 1. The highest BCUT2D eigenvalue weighted by atomic mass is 79.9. The molecule has 0 amide bonds. The van der Waals surface area contributed by atoms with Crippen molar-refractivity contribution in [2.75, 3.05) is 0 Å². The Balaban J connectivity index is 2.23. The van der Waals surface area contributed by atoms with E-state index in [4.69, 9.17) is 5.11 Å². The molecule has 2 aromatic heterocycles. The van der Waals surface area contributed by atoms with Gasteiger partial charge in [-0.2, -0.15) is 4.80 Å². The van der Waals surface area contributed by atoms with Crippen molar-refractivity contribution < 1.29 is 9.90 Å². The van der Waals surface area contributed by atoms with Crippen molar-refractivity contribution in [2.24, 2.45) is 0 Å². The van der Waals surface area contributed by atoms with Crippen molar-refractivity contribution in [1.82, 2.24) is 25.2 Å². The molecule has 2 rings (SSSR count). The first-order valence-electron chi connectivity index (χ1n) is 3.76. The van der Waals surface area contributed by atoms with Crippen molar-refractivity contribution >= 4 is 33.2 Å². The van der Waals surface area contributed by atoms with Crippen LogP contribution in [-0.2, 0) is 11.3 Å². The molecule has 0 saturated carbocycles. The van der Waals surface area contributed by atoms with Gasteiger partial charge in [0.25, 0.3) is 0 Å². The van der Waals surface area contributed by atoms with Crippen molar-refractivity contribution in [3.63, 3.8) is 0 Å². The first-order chi connectivity index (χ1) is 7.15. The maximum absolute atomic E-state index is 10.4. The minimum Gasteiger partial charge on any atom is -0.480 e. The van der Waals surface area contributed by atoms with Crippen LogP contribution in [0.15, 0.2) is 10.1 Å². The molecule has 0 fully saturated rings. The van der Waals surface area contributed by atoms with Crippen molar-refractivity contribution in [1.29, 1.82) is 0 Å². The predicted octanol–water partition coefficient (Wildman–Crippen LogP) is 0.644. The summed E-state index contributed by atoms with van der Waals surface area (Å²) in [7, 11) is 0. The van der Waals surface area contributed by atoms with Crippen LogP contribution in [0.25, 0.3) is 10.7 Å². The third-order valence-electron chi connectivity index (χ3n) is 1.43. The van der Waals surface area contributed by atoms with E-state index in [9.17, 15) is 4.79 Å². The monoisotopic (exact) mass is 289 g/mol. The van der Waals surface area contributed by atoms with Crippen LogP contribution in [0.5, 0.6) is 0 Å². The van der Waals surface area contributed by atoms with Crippen LogP contribution in [0, 0.1) is 0 Å². The SMILES string of the molecule is O=C(O)Cn1nnc(-c2cnc(Br)s2)n1. The minimum atomic E-state index is -1.01. The lowest BCUT2D eigenvalue weighted by Crippen LogP contribution is -2.11. The Labute approximate surface area is 95.9 Å². The normalized spacial score (nSPS) is 10.5. The van der Waals surface area contributed by atoms with E-state index in [1.807, 2.05) is 0 Å². The fourth-order valence-electron chi connectivity index (χ4n) is 0.886. The molecule has 2 aromatic rings. The molecular formula is C6H4BrN5O2S. The zero-order valence-corrected chi connectivity index (χ0v) is 9.56. The molecule has 0 bridgehead atoms. The summed E-state index contributed by atoms with van der Waals surface area (Å²) in [5.41, 5.74) is 0. The van der Waals surface area contributed by atoms with Gasteiger partial charge in [0.2, 0.25) is 5.82 Å². The van der Waals surface area contributed by atoms with E-state index in [1.54, 1.807) is 6.20 Å². The lowest BCUT2D eigenvalue weighted by Gasteiger charge is -1.89. The van der Waals surface area contributed by atoms with E-state index in [0.717, 1.165) is 9.67 Å². The smallest absolute Gasteiger partial charge is 0.327 e. The average molecular weight is 290 g/mol. The highest BCUT2D eigenvalue weighted by molar-refractivity contribution is 9.11. The number of hydrogen-bond donors (Lipinski definition) is 1. The molecule has 1 N–H and O–H groups in total. The Morgan fingerprint density at radius 3 is 3.07 bits per heavy atom. The number of carboxylic acids is 1. The summed E-state index contributed by atoms with van der Waals surface area (Å²) in [5, 5.41) is 19.7. The number of nitrogens with zero attached hydrogens (tertiary/aromatic N) is 5.